The van der Waals surface area contributed by atoms with E-state index in [1.54, 1.807) is 28.9 Å². The van der Waals surface area contributed by atoms with Crippen LogP contribution in [0.25, 0.3) is 16.9 Å². The molecule has 2 aromatic carbocycles. The summed E-state index contributed by atoms with van der Waals surface area (Å²) in [5.74, 6) is -0.311. The van der Waals surface area contributed by atoms with Crippen molar-refractivity contribution in [1.29, 1.82) is 0 Å². The average molecular weight is 331 g/mol. The minimum absolute atomic E-state index is 0.0356. The van der Waals surface area contributed by atoms with E-state index in [0.717, 1.165) is 17.0 Å². The summed E-state index contributed by atoms with van der Waals surface area (Å²) in [5, 5.41) is 9.51. The maximum Gasteiger partial charge on any atom is 0.238 e. The van der Waals surface area contributed by atoms with Gasteiger partial charge in [0.2, 0.25) is 10.0 Å². The minimum Gasteiger partial charge on any atom is -0.233 e. The standard InChI is InChI=1S/C16H14FN3O2S/c1-11-10-16(12-2-4-13(17)5-3-12)20(19-11)14-6-8-15(9-7-14)23(18,21)22/h2-10H,1H3,(H2,18,21,22). The van der Waals surface area contributed by atoms with E-state index >= 15 is 0 Å². The average Bonchev–Trinajstić information content (AvgIpc) is 2.89. The summed E-state index contributed by atoms with van der Waals surface area (Å²) in [7, 11) is -3.73. The van der Waals surface area contributed by atoms with Crippen molar-refractivity contribution >= 4 is 10.0 Å². The Balaban J connectivity index is 2.09. The van der Waals surface area contributed by atoms with Gasteiger partial charge in [0.05, 0.1) is 22.0 Å². The number of rotatable bonds is 3. The summed E-state index contributed by atoms with van der Waals surface area (Å²) in [6.45, 7) is 1.85. The minimum atomic E-state index is -3.73. The van der Waals surface area contributed by atoms with Gasteiger partial charge in [0.15, 0.2) is 0 Å². The summed E-state index contributed by atoms with van der Waals surface area (Å²) >= 11 is 0. The molecule has 0 spiro atoms. The van der Waals surface area contributed by atoms with Crippen LogP contribution in [0.5, 0.6) is 0 Å². The monoisotopic (exact) mass is 331 g/mol. The van der Waals surface area contributed by atoms with Crippen LogP contribution >= 0.6 is 0 Å². The van der Waals surface area contributed by atoms with E-state index in [-0.39, 0.29) is 10.7 Å². The lowest BCUT2D eigenvalue weighted by Gasteiger charge is -2.08. The summed E-state index contributed by atoms with van der Waals surface area (Å²) in [4.78, 5) is 0.0356. The van der Waals surface area contributed by atoms with Gasteiger partial charge in [-0.2, -0.15) is 5.10 Å². The van der Waals surface area contributed by atoms with Gasteiger partial charge in [0.1, 0.15) is 5.82 Å². The number of sulfonamides is 1. The predicted octanol–water partition coefficient (Wildman–Crippen LogP) is 2.63. The van der Waals surface area contributed by atoms with E-state index in [9.17, 15) is 12.8 Å². The third kappa shape index (κ3) is 3.15. The maximum absolute atomic E-state index is 13.1. The quantitative estimate of drug-likeness (QED) is 0.801. The fourth-order valence-corrected chi connectivity index (χ4v) is 2.82. The molecule has 0 aliphatic carbocycles. The zero-order chi connectivity index (χ0) is 16.6. The number of aromatic nitrogens is 2. The van der Waals surface area contributed by atoms with Gasteiger partial charge in [-0.05, 0) is 61.5 Å². The van der Waals surface area contributed by atoms with E-state index < -0.39 is 10.0 Å². The molecular formula is C16H14FN3O2S. The Morgan fingerprint density at radius 1 is 1.04 bits per heavy atom. The molecule has 0 amide bonds. The number of nitrogens with two attached hydrogens (primary N) is 1. The SMILES string of the molecule is Cc1cc(-c2ccc(F)cc2)n(-c2ccc(S(N)(=O)=O)cc2)n1. The van der Waals surface area contributed by atoms with E-state index in [2.05, 4.69) is 5.10 Å². The Morgan fingerprint density at radius 2 is 1.65 bits per heavy atom. The molecule has 0 fully saturated rings. The van der Waals surface area contributed by atoms with Gasteiger partial charge in [0.25, 0.3) is 0 Å². The van der Waals surface area contributed by atoms with Crippen LogP contribution in [0.4, 0.5) is 4.39 Å². The number of nitrogens with zero attached hydrogens (tertiary/aromatic N) is 2. The molecule has 5 nitrogen and oxygen atoms in total. The van der Waals surface area contributed by atoms with Gasteiger partial charge in [-0.3, -0.25) is 0 Å². The molecule has 0 saturated heterocycles. The molecule has 2 N–H and O–H groups in total. The van der Waals surface area contributed by atoms with Crippen molar-refractivity contribution in [2.75, 3.05) is 0 Å². The lowest BCUT2D eigenvalue weighted by atomic mass is 10.1. The Morgan fingerprint density at radius 3 is 2.22 bits per heavy atom. The van der Waals surface area contributed by atoms with Crippen LogP contribution in [0.1, 0.15) is 5.69 Å². The van der Waals surface area contributed by atoms with E-state index in [4.69, 9.17) is 5.14 Å². The van der Waals surface area contributed by atoms with Crippen LogP contribution in [0.15, 0.2) is 59.5 Å². The van der Waals surface area contributed by atoms with Crippen LogP contribution in [0.2, 0.25) is 0 Å². The zero-order valence-electron chi connectivity index (χ0n) is 12.3. The predicted molar refractivity (Wildman–Crippen MR) is 85.1 cm³/mol. The lowest BCUT2D eigenvalue weighted by Crippen LogP contribution is -2.12. The number of primary sulfonamides is 1. The first kappa shape index (κ1) is 15.4. The Labute approximate surface area is 133 Å². The third-order valence-corrected chi connectivity index (χ3v) is 4.31. The molecule has 0 atom stereocenters. The first-order valence-corrected chi connectivity index (χ1v) is 8.35. The molecule has 3 rings (SSSR count). The van der Waals surface area contributed by atoms with E-state index in [1.807, 2.05) is 13.0 Å². The number of benzene rings is 2. The molecule has 0 aliphatic heterocycles. The van der Waals surface area contributed by atoms with Crippen molar-refractivity contribution in [2.45, 2.75) is 11.8 Å². The second kappa shape index (κ2) is 5.60. The molecule has 23 heavy (non-hydrogen) atoms. The highest BCUT2D eigenvalue weighted by Crippen LogP contribution is 2.24. The van der Waals surface area contributed by atoms with Gasteiger partial charge < -0.3 is 0 Å². The maximum atomic E-state index is 13.1. The molecule has 0 saturated carbocycles. The van der Waals surface area contributed by atoms with Gasteiger partial charge >= 0.3 is 0 Å². The van der Waals surface area contributed by atoms with Crippen LogP contribution in [0, 0.1) is 12.7 Å². The highest BCUT2D eigenvalue weighted by Gasteiger charge is 2.12. The molecule has 1 aromatic heterocycles. The molecular weight excluding hydrogens is 317 g/mol. The summed E-state index contributed by atoms with van der Waals surface area (Å²) in [5.41, 5.74) is 3.07. The first-order valence-electron chi connectivity index (χ1n) is 6.80. The second-order valence-corrected chi connectivity index (χ2v) is 6.69. The summed E-state index contributed by atoms with van der Waals surface area (Å²) in [6.07, 6.45) is 0. The molecule has 3 aromatic rings. The van der Waals surface area contributed by atoms with Gasteiger partial charge in [-0.25, -0.2) is 22.6 Å². The van der Waals surface area contributed by atoms with Crippen molar-refractivity contribution in [3.8, 4) is 16.9 Å². The van der Waals surface area contributed by atoms with Crippen LogP contribution in [0.3, 0.4) is 0 Å². The number of aryl methyl sites for hydroxylation is 1. The fraction of sp³-hybridized carbons (Fsp3) is 0.0625. The largest absolute Gasteiger partial charge is 0.238 e. The molecule has 0 radical (unpaired) electrons. The van der Waals surface area contributed by atoms with Crippen LogP contribution < -0.4 is 5.14 Å². The topological polar surface area (TPSA) is 78.0 Å². The number of halogens is 1. The Kier molecular flexibility index (Phi) is 3.75. The van der Waals surface area contributed by atoms with Crippen molar-refractivity contribution < 1.29 is 12.8 Å². The zero-order valence-corrected chi connectivity index (χ0v) is 13.1. The third-order valence-electron chi connectivity index (χ3n) is 3.38. The van der Waals surface area contributed by atoms with Crippen molar-refractivity contribution in [1.82, 2.24) is 9.78 Å². The van der Waals surface area contributed by atoms with Gasteiger partial charge in [-0.1, -0.05) is 0 Å². The molecule has 0 aliphatic rings. The Hall–Kier alpha value is -2.51. The summed E-state index contributed by atoms with van der Waals surface area (Å²) < 4.78 is 37.4. The lowest BCUT2D eigenvalue weighted by molar-refractivity contribution is 0.597. The van der Waals surface area contributed by atoms with Gasteiger partial charge in [-0.15, -0.1) is 0 Å². The number of hydrogen-bond acceptors (Lipinski definition) is 3. The van der Waals surface area contributed by atoms with Crippen molar-refractivity contribution in [2.24, 2.45) is 5.14 Å². The normalized spacial score (nSPS) is 11.6. The molecule has 0 unspecified atom stereocenters. The van der Waals surface area contributed by atoms with E-state index in [1.165, 1.54) is 24.3 Å². The smallest absolute Gasteiger partial charge is 0.233 e. The molecule has 0 bridgehead atoms. The Bertz CT molecular complexity index is 946. The first-order chi connectivity index (χ1) is 10.8. The number of hydrogen-bond donors (Lipinski definition) is 1. The second-order valence-electron chi connectivity index (χ2n) is 5.13. The fourth-order valence-electron chi connectivity index (χ4n) is 2.30. The molecule has 7 heteroatoms. The highest BCUT2D eigenvalue weighted by molar-refractivity contribution is 7.89. The van der Waals surface area contributed by atoms with Crippen molar-refractivity contribution in [3.63, 3.8) is 0 Å². The molecule has 1 heterocycles. The molecule has 118 valence electrons. The van der Waals surface area contributed by atoms with Crippen LogP contribution in [-0.4, -0.2) is 18.2 Å². The van der Waals surface area contributed by atoms with E-state index in [0.29, 0.717) is 5.69 Å². The van der Waals surface area contributed by atoms with Crippen molar-refractivity contribution in [3.05, 3.63) is 66.1 Å². The highest BCUT2D eigenvalue weighted by atomic mass is 32.2. The summed E-state index contributed by atoms with van der Waals surface area (Å²) in [6, 6.07) is 14.1. The van der Waals surface area contributed by atoms with Gasteiger partial charge in [0, 0.05) is 5.56 Å². The van der Waals surface area contributed by atoms with Crippen LogP contribution in [-0.2, 0) is 10.0 Å².